The van der Waals surface area contributed by atoms with E-state index in [4.69, 9.17) is 0 Å². The fraction of sp³-hybridized carbons (Fsp3) is 0.933. The number of likely N-dealkylation sites (tertiary alicyclic amines) is 1. The van der Waals surface area contributed by atoms with Crippen molar-refractivity contribution in [2.75, 3.05) is 25.9 Å². The Morgan fingerprint density at radius 1 is 1.30 bits per heavy atom. The van der Waals surface area contributed by atoms with E-state index in [0.717, 1.165) is 12.5 Å². The van der Waals surface area contributed by atoms with E-state index in [2.05, 4.69) is 42.9 Å². The number of hydrogen-bond acceptors (Lipinski definition) is 2. The van der Waals surface area contributed by atoms with Gasteiger partial charge in [-0.2, -0.15) is 0 Å². The maximum Gasteiger partial charge on any atom is 0.194 e. The van der Waals surface area contributed by atoms with Crippen molar-refractivity contribution >= 4 is 16.8 Å². The van der Waals surface area contributed by atoms with Gasteiger partial charge in [0.15, 0.2) is 5.96 Å². The highest BCUT2D eigenvalue weighted by Crippen LogP contribution is 2.46. The summed E-state index contributed by atoms with van der Waals surface area (Å²) < 4.78 is 11.9. The predicted octanol–water partition coefficient (Wildman–Crippen LogP) is 2.23. The Hall–Kier alpha value is -0.580. The first-order valence-corrected chi connectivity index (χ1v) is 8.62. The normalized spacial score (nSPS) is 23.2. The smallest absolute Gasteiger partial charge is 0.194 e. The Bertz CT molecular complexity index is 408. The standard InChI is InChI=1S/C15H31N3OS/c1-13(2,3)20(19)10-9-17-12(16-8)18-11-14(4,5)15(18,6)7/h9-11H2,1-8H3,(H,16,17). The molecule has 0 aromatic rings. The molecule has 0 radical (unpaired) electrons. The molecule has 0 spiro atoms. The van der Waals surface area contributed by atoms with Crippen LogP contribution in [-0.2, 0) is 10.8 Å². The van der Waals surface area contributed by atoms with Crippen LogP contribution < -0.4 is 5.32 Å². The first-order chi connectivity index (χ1) is 8.93. The highest BCUT2D eigenvalue weighted by molar-refractivity contribution is 7.86. The van der Waals surface area contributed by atoms with Gasteiger partial charge in [0.05, 0.1) is 0 Å². The minimum atomic E-state index is -0.823. The summed E-state index contributed by atoms with van der Waals surface area (Å²) in [6.45, 7) is 16.8. The van der Waals surface area contributed by atoms with E-state index in [9.17, 15) is 4.21 Å². The van der Waals surface area contributed by atoms with Crippen LogP contribution in [0.4, 0.5) is 0 Å². The van der Waals surface area contributed by atoms with Gasteiger partial charge in [0.1, 0.15) is 0 Å². The second-order valence-electron chi connectivity index (χ2n) is 7.67. The van der Waals surface area contributed by atoms with Crippen molar-refractivity contribution in [2.45, 2.75) is 58.8 Å². The lowest BCUT2D eigenvalue weighted by Gasteiger charge is -2.62. The lowest BCUT2D eigenvalue weighted by Crippen LogP contribution is -2.72. The maximum absolute atomic E-state index is 12.0. The van der Waals surface area contributed by atoms with Crippen molar-refractivity contribution in [3.05, 3.63) is 0 Å². The van der Waals surface area contributed by atoms with Crippen molar-refractivity contribution in [1.29, 1.82) is 0 Å². The maximum atomic E-state index is 12.0. The lowest BCUT2D eigenvalue weighted by molar-refractivity contribution is -0.0666. The summed E-state index contributed by atoms with van der Waals surface area (Å²) >= 11 is 0. The van der Waals surface area contributed by atoms with Gasteiger partial charge < -0.3 is 10.2 Å². The molecule has 1 rings (SSSR count). The van der Waals surface area contributed by atoms with Gasteiger partial charge in [-0.3, -0.25) is 9.20 Å². The number of aliphatic imine (C=N–C) groups is 1. The van der Waals surface area contributed by atoms with Crippen LogP contribution in [0.1, 0.15) is 48.5 Å². The molecule has 0 aliphatic carbocycles. The molecule has 20 heavy (non-hydrogen) atoms. The van der Waals surface area contributed by atoms with Crippen LogP contribution in [-0.4, -0.2) is 51.2 Å². The van der Waals surface area contributed by atoms with E-state index < -0.39 is 10.8 Å². The van der Waals surface area contributed by atoms with E-state index in [1.807, 2.05) is 27.8 Å². The van der Waals surface area contributed by atoms with Gasteiger partial charge in [-0.15, -0.1) is 0 Å². The van der Waals surface area contributed by atoms with Crippen molar-refractivity contribution in [3.8, 4) is 0 Å². The van der Waals surface area contributed by atoms with E-state index in [-0.39, 0.29) is 10.3 Å². The van der Waals surface area contributed by atoms with Gasteiger partial charge in [0.25, 0.3) is 0 Å². The molecular formula is C15H31N3OS. The summed E-state index contributed by atoms with van der Waals surface area (Å²) in [4.78, 5) is 6.66. The van der Waals surface area contributed by atoms with Crippen LogP contribution in [0.25, 0.3) is 0 Å². The molecule has 4 nitrogen and oxygen atoms in total. The molecule has 1 N–H and O–H groups in total. The van der Waals surface area contributed by atoms with Gasteiger partial charge in [-0.25, -0.2) is 0 Å². The van der Waals surface area contributed by atoms with Crippen LogP contribution in [0.3, 0.4) is 0 Å². The molecule has 0 saturated carbocycles. The summed E-state index contributed by atoms with van der Waals surface area (Å²) in [5.41, 5.74) is 0.386. The van der Waals surface area contributed by atoms with Gasteiger partial charge in [0, 0.05) is 52.4 Å². The molecule has 1 aliphatic rings. The minimum absolute atomic E-state index is 0.0953. The molecular weight excluding hydrogens is 270 g/mol. The molecule has 0 aromatic carbocycles. The van der Waals surface area contributed by atoms with E-state index in [1.165, 1.54) is 0 Å². The van der Waals surface area contributed by atoms with Crippen LogP contribution in [0.15, 0.2) is 4.99 Å². The predicted molar refractivity (Wildman–Crippen MR) is 88.7 cm³/mol. The number of nitrogens with zero attached hydrogens (tertiary/aromatic N) is 2. The Morgan fingerprint density at radius 3 is 2.20 bits per heavy atom. The van der Waals surface area contributed by atoms with E-state index in [0.29, 0.717) is 17.7 Å². The van der Waals surface area contributed by atoms with Crippen LogP contribution >= 0.6 is 0 Å². The fourth-order valence-electron chi connectivity index (χ4n) is 2.26. The molecule has 1 heterocycles. The second-order valence-corrected chi connectivity index (χ2v) is 9.99. The zero-order chi connectivity index (χ0) is 15.8. The van der Waals surface area contributed by atoms with Gasteiger partial charge >= 0.3 is 0 Å². The molecule has 0 amide bonds. The Morgan fingerprint density at radius 2 is 1.85 bits per heavy atom. The topological polar surface area (TPSA) is 44.7 Å². The van der Waals surface area contributed by atoms with Crippen molar-refractivity contribution in [1.82, 2.24) is 10.2 Å². The number of guanidine groups is 1. The zero-order valence-corrected chi connectivity index (χ0v) is 15.1. The number of nitrogens with one attached hydrogen (secondary N) is 1. The Labute approximate surface area is 126 Å². The number of hydrogen-bond donors (Lipinski definition) is 1. The van der Waals surface area contributed by atoms with Crippen molar-refractivity contribution in [3.63, 3.8) is 0 Å². The molecule has 0 bridgehead atoms. The van der Waals surface area contributed by atoms with Crippen molar-refractivity contribution in [2.24, 2.45) is 10.4 Å². The second kappa shape index (κ2) is 5.66. The summed E-state index contributed by atoms with van der Waals surface area (Å²) in [5.74, 6) is 1.57. The highest BCUT2D eigenvalue weighted by atomic mass is 32.2. The molecule has 0 aromatic heterocycles. The SMILES string of the molecule is CN=C(NCCS(=O)C(C)(C)C)N1CC(C)(C)C1(C)C. The summed E-state index contributed by atoms with van der Waals surface area (Å²) in [6, 6.07) is 0. The summed E-state index contributed by atoms with van der Waals surface area (Å²) in [6.07, 6.45) is 0. The highest BCUT2D eigenvalue weighted by Gasteiger charge is 2.53. The van der Waals surface area contributed by atoms with Gasteiger partial charge in [-0.05, 0) is 34.6 Å². The number of rotatable bonds is 3. The lowest BCUT2D eigenvalue weighted by atomic mass is 9.65. The minimum Gasteiger partial charge on any atom is -0.355 e. The average molecular weight is 302 g/mol. The largest absolute Gasteiger partial charge is 0.355 e. The third-order valence-corrected chi connectivity index (χ3v) is 6.55. The third-order valence-electron chi connectivity index (χ3n) is 4.61. The van der Waals surface area contributed by atoms with Crippen molar-refractivity contribution < 1.29 is 4.21 Å². The third kappa shape index (κ3) is 3.35. The quantitative estimate of drug-likeness (QED) is 0.642. The first kappa shape index (κ1) is 17.5. The molecule has 1 unspecified atom stereocenters. The molecule has 5 heteroatoms. The van der Waals surface area contributed by atoms with E-state index >= 15 is 0 Å². The van der Waals surface area contributed by atoms with Crippen LogP contribution in [0.5, 0.6) is 0 Å². The molecule has 1 saturated heterocycles. The fourth-order valence-corrected chi connectivity index (χ4v) is 3.16. The van der Waals surface area contributed by atoms with E-state index in [1.54, 1.807) is 0 Å². The zero-order valence-electron chi connectivity index (χ0n) is 14.3. The van der Waals surface area contributed by atoms with Crippen LogP contribution in [0.2, 0.25) is 0 Å². The molecule has 1 aliphatic heterocycles. The monoisotopic (exact) mass is 301 g/mol. The Kier molecular flexibility index (Phi) is 4.95. The van der Waals surface area contributed by atoms with Gasteiger partial charge in [-0.1, -0.05) is 13.8 Å². The Balaban J connectivity index is 2.54. The average Bonchev–Trinajstić information content (AvgIpc) is 2.31. The summed E-state index contributed by atoms with van der Waals surface area (Å²) in [5, 5.41) is 3.35. The molecule has 1 fully saturated rings. The molecule has 1 atom stereocenters. The van der Waals surface area contributed by atoms with Gasteiger partial charge in [0.2, 0.25) is 0 Å². The summed E-state index contributed by atoms with van der Waals surface area (Å²) in [7, 11) is 0.987. The molecule has 118 valence electrons. The van der Waals surface area contributed by atoms with Crippen LogP contribution in [0, 0.1) is 5.41 Å². The first-order valence-electron chi connectivity index (χ1n) is 7.30.